The molecule has 1 atom stereocenters. The normalized spacial score (nSPS) is 19.6. The maximum atomic E-state index is 6.05. The summed E-state index contributed by atoms with van der Waals surface area (Å²) in [4.78, 5) is 4.63. The Bertz CT molecular complexity index is 491. The molecule has 0 amide bonds. The van der Waals surface area contributed by atoms with Crippen molar-refractivity contribution in [2.45, 2.75) is 10.9 Å². The van der Waals surface area contributed by atoms with Crippen molar-refractivity contribution in [3.8, 4) is 0 Å². The molecular weight excluding hydrogens is 413 g/mol. The molecule has 0 radical (unpaired) electrons. The predicted molar refractivity (Wildman–Crippen MR) is 79.5 cm³/mol. The first-order chi connectivity index (χ1) is 8.20. The van der Waals surface area contributed by atoms with E-state index in [1.807, 2.05) is 31.2 Å². The van der Waals surface area contributed by atoms with Gasteiger partial charge in [-0.1, -0.05) is 0 Å². The van der Waals surface area contributed by atoms with E-state index in [4.69, 9.17) is 8.96 Å². The zero-order valence-electron chi connectivity index (χ0n) is 9.23. The third-order valence-electron chi connectivity index (χ3n) is 2.51. The first kappa shape index (κ1) is 13.4. The third kappa shape index (κ3) is 3.45. The van der Waals surface area contributed by atoms with Gasteiger partial charge in [0.15, 0.2) is 0 Å². The van der Waals surface area contributed by atoms with Crippen LogP contribution in [0.25, 0.3) is 0 Å². The summed E-state index contributed by atoms with van der Waals surface area (Å²) in [5.41, 5.74) is 3.31. The van der Waals surface area contributed by atoms with Crippen molar-refractivity contribution in [3.63, 3.8) is 0 Å². The van der Waals surface area contributed by atoms with E-state index in [1.54, 1.807) is 0 Å². The Hall–Kier alpha value is -0.0704. The standard InChI is InChI=1S/C13H11BrClNTe/c1-9(12-3-2-4-13(12)17-15)16-11-7-5-10(14)6-8-11/h2-8,13H,1H3. The van der Waals surface area contributed by atoms with E-state index in [1.165, 1.54) is 5.57 Å². The van der Waals surface area contributed by atoms with Crippen LogP contribution in [0, 0.1) is 0 Å². The van der Waals surface area contributed by atoms with E-state index in [0.29, 0.717) is 3.97 Å². The molecule has 1 aromatic carbocycles. The number of aliphatic imine (C=N–C) groups is 1. The zero-order valence-corrected chi connectivity index (χ0v) is 13.9. The fourth-order valence-corrected chi connectivity index (χ4v) is 4.36. The molecule has 88 valence electrons. The molecule has 0 spiro atoms. The predicted octanol–water partition coefficient (Wildman–Crippen LogP) is 4.68. The van der Waals surface area contributed by atoms with E-state index in [-0.39, 0.29) is 0 Å². The van der Waals surface area contributed by atoms with E-state index in [9.17, 15) is 0 Å². The van der Waals surface area contributed by atoms with Crippen molar-refractivity contribution in [3.05, 3.63) is 52.5 Å². The monoisotopic (exact) mass is 425 g/mol. The molecule has 0 N–H and O–H groups in total. The van der Waals surface area contributed by atoms with E-state index in [2.05, 4.69) is 39.2 Å². The van der Waals surface area contributed by atoms with Crippen LogP contribution in [-0.2, 0) is 0 Å². The number of benzene rings is 1. The Balaban J connectivity index is 2.20. The van der Waals surface area contributed by atoms with Crippen molar-refractivity contribution in [2.24, 2.45) is 4.99 Å². The van der Waals surface area contributed by atoms with Crippen LogP contribution in [0.5, 0.6) is 0 Å². The molecule has 1 aliphatic carbocycles. The van der Waals surface area contributed by atoms with Crippen LogP contribution in [0.3, 0.4) is 0 Å². The molecule has 2 rings (SSSR count). The first-order valence-corrected chi connectivity index (χ1v) is 10.3. The fourth-order valence-electron chi connectivity index (χ4n) is 1.64. The average molecular weight is 424 g/mol. The van der Waals surface area contributed by atoms with Gasteiger partial charge in [-0.15, -0.1) is 0 Å². The van der Waals surface area contributed by atoms with E-state index in [0.717, 1.165) is 15.9 Å². The van der Waals surface area contributed by atoms with Crippen LogP contribution in [0.1, 0.15) is 6.92 Å². The van der Waals surface area contributed by atoms with Gasteiger partial charge < -0.3 is 0 Å². The Labute approximate surface area is 124 Å². The molecule has 0 aromatic heterocycles. The molecule has 1 aromatic rings. The van der Waals surface area contributed by atoms with E-state index < -0.39 is 19.8 Å². The topological polar surface area (TPSA) is 12.4 Å². The van der Waals surface area contributed by atoms with Crippen molar-refractivity contribution < 1.29 is 0 Å². The summed E-state index contributed by atoms with van der Waals surface area (Å²) in [7, 11) is 6.05. The molecule has 1 unspecified atom stereocenters. The average Bonchev–Trinajstić information content (AvgIpc) is 2.80. The van der Waals surface area contributed by atoms with Crippen molar-refractivity contribution in [1.82, 2.24) is 0 Å². The van der Waals surface area contributed by atoms with Gasteiger partial charge in [-0.25, -0.2) is 0 Å². The van der Waals surface area contributed by atoms with Crippen molar-refractivity contribution >= 4 is 56.1 Å². The van der Waals surface area contributed by atoms with Crippen LogP contribution in [0.4, 0.5) is 5.69 Å². The van der Waals surface area contributed by atoms with Crippen LogP contribution in [0.15, 0.2) is 57.5 Å². The van der Waals surface area contributed by atoms with Gasteiger partial charge in [0.2, 0.25) is 0 Å². The molecule has 0 saturated carbocycles. The third-order valence-corrected chi connectivity index (χ3v) is 6.04. The summed E-state index contributed by atoms with van der Waals surface area (Å²) >= 11 is 2.93. The van der Waals surface area contributed by atoms with Gasteiger partial charge in [0.05, 0.1) is 0 Å². The van der Waals surface area contributed by atoms with Gasteiger partial charge in [-0.3, -0.25) is 0 Å². The number of rotatable bonds is 3. The van der Waals surface area contributed by atoms with Gasteiger partial charge in [0.25, 0.3) is 0 Å². The second-order valence-electron chi connectivity index (χ2n) is 3.69. The van der Waals surface area contributed by atoms with Crippen LogP contribution in [-0.4, -0.2) is 25.5 Å². The Morgan fingerprint density at radius 2 is 2.06 bits per heavy atom. The second kappa shape index (κ2) is 6.20. The molecule has 0 fully saturated rings. The summed E-state index contributed by atoms with van der Waals surface area (Å²) < 4.78 is 1.50. The zero-order chi connectivity index (χ0) is 12.3. The maximum absolute atomic E-state index is 6.05. The number of nitrogens with zero attached hydrogens (tertiary/aromatic N) is 1. The molecule has 0 aliphatic heterocycles. The van der Waals surface area contributed by atoms with E-state index >= 15 is 0 Å². The summed E-state index contributed by atoms with van der Waals surface area (Å²) in [6, 6.07) is 8.01. The van der Waals surface area contributed by atoms with Gasteiger partial charge >= 0.3 is 125 Å². The minimum absolute atomic E-state index is 0.432. The quantitative estimate of drug-likeness (QED) is 0.494. The molecule has 17 heavy (non-hydrogen) atoms. The van der Waals surface area contributed by atoms with Crippen LogP contribution >= 0.6 is 24.9 Å². The number of allylic oxidation sites excluding steroid dienone is 4. The number of hydrogen-bond acceptors (Lipinski definition) is 1. The Kier molecular flexibility index (Phi) is 4.87. The molecule has 4 heteroatoms. The van der Waals surface area contributed by atoms with Gasteiger partial charge in [-0.2, -0.15) is 0 Å². The molecule has 0 saturated heterocycles. The SMILES string of the molecule is CC(=Nc1ccc(Br)cc1)C1=CC=CC1[Te]Cl. The molecule has 1 nitrogen and oxygen atoms in total. The summed E-state index contributed by atoms with van der Waals surface area (Å²) in [6.45, 7) is 2.05. The Morgan fingerprint density at radius 1 is 1.35 bits per heavy atom. The molecule has 0 heterocycles. The van der Waals surface area contributed by atoms with Crippen LogP contribution < -0.4 is 0 Å². The minimum atomic E-state index is -0.492. The van der Waals surface area contributed by atoms with Gasteiger partial charge in [0, 0.05) is 0 Å². The Morgan fingerprint density at radius 3 is 2.71 bits per heavy atom. The summed E-state index contributed by atoms with van der Waals surface area (Å²) in [5.74, 6) is 0. The first-order valence-electron chi connectivity index (χ1n) is 5.17. The number of halogens is 2. The fraction of sp³-hybridized carbons (Fsp3) is 0.154. The summed E-state index contributed by atoms with van der Waals surface area (Å²) in [6.07, 6.45) is 6.37. The second-order valence-corrected chi connectivity index (χ2v) is 7.76. The van der Waals surface area contributed by atoms with Crippen LogP contribution in [0.2, 0.25) is 3.97 Å². The van der Waals surface area contributed by atoms with Crippen molar-refractivity contribution in [1.29, 1.82) is 0 Å². The van der Waals surface area contributed by atoms with Gasteiger partial charge in [0.1, 0.15) is 0 Å². The number of hydrogen-bond donors (Lipinski definition) is 0. The summed E-state index contributed by atoms with van der Waals surface area (Å²) in [5, 5.41) is 0. The molecular formula is C13H11BrClNTe. The molecule has 0 bridgehead atoms. The molecule has 1 aliphatic rings. The van der Waals surface area contributed by atoms with Crippen molar-refractivity contribution in [2.75, 3.05) is 0 Å². The van der Waals surface area contributed by atoms with Gasteiger partial charge in [-0.05, 0) is 0 Å².